The molecule has 2 unspecified atom stereocenters. The first-order valence-electron chi connectivity index (χ1n) is 11.7. The molecule has 2 atom stereocenters. The van der Waals surface area contributed by atoms with Gasteiger partial charge in [-0.15, -0.1) is 0 Å². The van der Waals surface area contributed by atoms with Crippen LogP contribution in [0.2, 0.25) is 0 Å². The molecule has 1 aromatic carbocycles. The Bertz CT molecular complexity index is 628. The minimum absolute atomic E-state index is 0.0713. The summed E-state index contributed by atoms with van der Waals surface area (Å²) in [6.45, 7) is 12.8. The number of benzene rings is 1. The number of piperidine rings is 1. The summed E-state index contributed by atoms with van der Waals surface area (Å²) >= 11 is 0. The molecule has 0 aromatic heterocycles. The highest BCUT2D eigenvalue weighted by molar-refractivity contribution is 5.14. The van der Waals surface area contributed by atoms with Crippen molar-refractivity contribution >= 4 is 0 Å². The molecule has 2 heterocycles. The molecular weight excluding hydrogens is 362 g/mol. The van der Waals surface area contributed by atoms with Gasteiger partial charge in [0.1, 0.15) is 0 Å². The van der Waals surface area contributed by atoms with Gasteiger partial charge in [0.25, 0.3) is 0 Å². The second kappa shape index (κ2) is 9.47. The third kappa shape index (κ3) is 5.04. The van der Waals surface area contributed by atoms with Gasteiger partial charge in [0.05, 0.1) is 24.9 Å². The van der Waals surface area contributed by atoms with E-state index < -0.39 is 5.79 Å². The van der Waals surface area contributed by atoms with Crippen LogP contribution in [-0.4, -0.2) is 41.2 Å². The highest BCUT2D eigenvalue weighted by Gasteiger charge is 2.59. The molecule has 2 aliphatic heterocycles. The molecule has 0 bridgehead atoms. The predicted octanol–water partition coefficient (Wildman–Crippen LogP) is 5.90. The quantitative estimate of drug-likeness (QED) is 0.514. The maximum atomic E-state index is 6.60. The van der Waals surface area contributed by atoms with Gasteiger partial charge in [-0.05, 0) is 45.1 Å². The highest BCUT2D eigenvalue weighted by Crippen LogP contribution is 2.51. The van der Waals surface area contributed by atoms with Gasteiger partial charge < -0.3 is 9.47 Å². The smallest absolute Gasteiger partial charge is 0.172 e. The normalized spacial score (nSPS) is 28.8. The van der Waals surface area contributed by atoms with Gasteiger partial charge in [0.2, 0.25) is 0 Å². The van der Waals surface area contributed by atoms with Crippen LogP contribution in [0.3, 0.4) is 0 Å². The average molecular weight is 404 g/mol. The van der Waals surface area contributed by atoms with E-state index >= 15 is 0 Å². The minimum atomic E-state index is -0.465. The van der Waals surface area contributed by atoms with Gasteiger partial charge in [-0.1, -0.05) is 63.9 Å². The lowest BCUT2D eigenvalue weighted by molar-refractivity contribution is -0.345. The number of hydroxylamine groups is 2. The summed E-state index contributed by atoms with van der Waals surface area (Å²) in [5.41, 5.74) is 1.09. The molecule has 0 saturated carbocycles. The van der Waals surface area contributed by atoms with Crippen molar-refractivity contribution in [1.82, 2.24) is 5.06 Å². The molecule has 3 rings (SSSR count). The summed E-state index contributed by atoms with van der Waals surface area (Å²) in [6.07, 6.45) is 8.43. The van der Waals surface area contributed by atoms with Crippen molar-refractivity contribution in [2.45, 2.75) is 109 Å². The third-order valence-corrected chi connectivity index (χ3v) is 6.84. The van der Waals surface area contributed by atoms with Crippen LogP contribution in [0.4, 0.5) is 0 Å². The largest absolute Gasteiger partial charge is 0.347 e. The predicted molar refractivity (Wildman–Crippen MR) is 118 cm³/mol. The second-order valence-corrected chi connectivity index (χ2v) is 9.56. The molecule has 4 nitrogen and oxygen atoms in total. The Kier molecular flexibility index (Phi) is 7.42. The zero-order valence-electron chi connectivity index (χ0n) is 19.2. The van der Waals surface area contributed by atoms with Gasteiger partial charge in [0.15, 0.2) is 5.79 Å². The van der Waals surface area contributed by atoms with E-state index in [1.54, 1.807) is 0 Å². The van der Waals surface area contributed by atoms with Gasteiger partial charge in [0, 0.05) is 18.4 Å². The maximum Gasteiger partial charge on any atom is 0.172 e. The number of hydrogen-bond acceptors (Lipinski definition) is 4. The minimum Gasteiger partial charge on any atom is -0.347 e. The molecule has 0 amide bonds. The Balaban J connectivity index is 1.72. The van der Waals surface area contributed by atoms with E-state index in [2.05, 4.69) is 70.0 Å². The molecule has 4 heteroatoms. The van der Waals surface area contributed by atoms with Crippen molar-refractivity contribution in [3.05, 3.63) is 35.9 Å². The summed E-state index contributed by atoms with van der Waals surface area (Å²) in [6, 6.07) is 10.6. The molecular formula is C25H41NO3. The number of nitrogens with zero attached hydrogens (tertiary/aromatic N) is 1. The van der Waals surface area contributed by atoms with E-state index in [4.69, 9.17) is 14.3 Å². The van der Waals surface area contributed by atoms with Crippen molar-refractivity contribution in [1.29, 1.82) is 0 Å². The van der Waals surface area contributed by atoms with Gasteiger partial charge in [-0.2, -0.15) is 5.06 Å². The molecule has 2 fully saturated rings. The van der Waals surface area contributed by atoms with Crippen LogP contribution in [0.1, 0.15) is 85.1 Å². The van der Waals surface area contributed by atoms with Gasteiger partial charge in [-0.25, -0.2) is 0 Å². The van der Waals surface area contributed by atoms with Gasteiger partial charge >= 0.3 is 0 Å². The van der Waals surface area contributed by atoms with Crippen molar-refractivity contribution in [3.63, 3.8) is 0 Å². The summed E-state index contributed by atoms with van der Waals surface area (Å²) < 4.78 is 13.0. The molecule has 2 saturated heterocycles. The summed E-state index contributed by atoms with van der Waals surface area (Å²) in [5.74, 6) is -0.465. The maximum absolute atomic E-state index is 6.60. The summed E-state index contributed by atoms with van der Waals surface area (Å²) in [5, 5.41) is 2.31. The average Bonchev–Trinajstić information content (AvgIpc) is 3.09. The molecule has 0 N–H and O–H groups in total. The van der Waals surface area contributed by atoms with Crippen molar-refractivity contribution in [2.24, 2.45) is 0 Å². The van der Waals surface area contributed by atoms with Crippen LogP contribution in [0.25, 0.3) is 0 Å². The summed E-state index contributed by atoms with van der Waals surface area (Å²) in [4.78, 5) is 6.52. The number of rotatable bonds is 9. The zero-order valence-corrected chi connectivity index (χ0v) is 19.2. The van der Waals surface area contributed by atoms with Crippen LogP contribution in [0.15, 0.2) is 30.3 Å². The Morgan fingerprint density at radius 3 is 2.45 bits per heavy atom. The zero-order chi connectivity index (χ0) is 21.0. The van der Waals surface area contributed by atoms with Crippen LogP contribution in [0.5, 0.6) is 0 Å². The number of ether oxygens (including phenoxy) is 2. The lowest BCUT2D eigenvalue weighted by Gasteiger charge is -2.58. The monoisotopic (exact) mass is 403 g/mol. The number of hydrogen-bond donors (Lipinski definition) is 0. The molecule has 29 heavy (non-hydrogen) atoms. The van der Waals surface area contributed by atoms with E-state index in [9.17, 15) is 0 Å². The van der Waals surface area contributed by atoms with Crippen molar-refractivity contribution in [2.75, 3.05) is 13.2 Å². The first kappa shape index (κ1) is 22.7. The van der Waals surface area contributed by atoms with Crippen LogP contribution < -0.4 is 0 Å². The Morgan fingerprint density at radius 2 is 1.79 bits per heavy atom. The lowest BCUT2D eigenvalue weighted by Crippen LogP contribution is -2.67. The van der Waals surface area contributed by atoms with Crippen LogP contribution >= 0.6 is 0 Å². The van der Waals surface area contributed by atoms with E-state index in [0.717, 1.165) is 45.1 Å². The molecule has 1 aromatic rings. The highest BCUT2D eigenvalue weighted by atomic mass is 16.7. The fraction of sp³-hybridized carbons (Fsp3) is 0.760. The Morgan fingerprint density at radius 1 is 1.07 bits per heavy atom. The fourth-order valence-corrected chi connectivity index (χ4v) is 5.38. The summed E-state index contributed by atoms with van der Waals surface area (Å²) in [7, 11) is 0. The van der Waals surface area contributed by atoms with E-state index in [1.807, 2.05) is 0 Å². The van der Waals surface area contributed by atoms with E-state index in [0.29, 0.717) is 6.61 Å². The molecule has 0 aliphatic carbocycles. The second-order valence-electron chi connectivity index (χ2n) is 9.56. The standard InChI is InChI=1S/C25H41NO3/c1-6-9-15-22-18-27-25(29-22)19-23(4,5)26(24(7-2,8-3)20-25)28-17-16-21-13-11-10-12-14-21/h10-14,22H,6-9,15-20H2,1-5H3. The number of unbranched alkanes of at least 4 members (excludes halogenated alkanes) is 1. The first-order chi connectivity index (χ1) is 13.9. The molecule has 2 aliphatic rings. The van der Waals surface area contributed by atoms with Crippen molar-refractivity contribution in [3.8, 4) is 0 Å². The van der Waals surface area contributed by atoms with Crippen molar-refractivity contribution < 1.29 is 14.3 Å². The lowest BCUT2D eigenvalue weighted by atomic mass is 9.73. The molecule has 1 spiro atoms. The Labute approximate surface area is 177 Å². The van der Waals surface area contributed by atoms with E-state index in [-0.39, 0.29) is 17.2 Å². The Hall–Kier alpha value is -0.940. The molecule has 0 radical (unpaired) electrons. The third-order valence-electron chi connectivity index (χ3n) is 6.84. The van der Waals surface area contributed by atoms with Gasteiger partial charge in [-0.3, -0.25) is 4.84 Å². The fourth-order valence-electron chi connectivity index (χ4n) is 5.38. The van der Waals surface area contributed by atoms with Crippen LogP contribution in [0, 0.1) is 0 Å². The first-order valence-corrected chi connectivity index (χ1v) is 11.7. The SMILES string of the molecule is CCCCC1COC2(CC(C)(C)N(OCCc3ccccc3)C(CC)(CC)C2)O1. The van der Waals surface area contributed by atoms with Crippen LogP contribution in [-0.2, 0) is 20.7 Å². The topological polar surface area (TPSA) is 30.9 Å². The molecule has 164 valence electrons. The van der Waals surface area contributed by atoms with E-state index in [1.165, 1.54) is 18.4 Å².